The van der Waals surface area contributed by atoms with E-state index in [9.17, 15) is 9.18 Å². The van der Waals surface area contributed by atoms with Crippen LogP contribution in [0.5, 0.6) is 0 Å². The maximum Gasteiger partial charge on any atom is 0.228 e. The Morgan fingerprint density at radius 2 is 2.09 bits per heavy atom. The highest BCUT2D eigenvalue weighted by molar-refractivity contribution is 7.09. The van der Waals surface area contributed by atoms with Crippen molar-refractivity contribution in [3.05, 3.63) is 34.3 Å². The zero-order valence-electron chi connectivity index (χ0n) is 12.6. The Morgan fingerprint density at radius 1 is 1.30 bits per heavy atom. The Morgan fingerprint density at radius 3 is 2.74 bits per heavy atom. The van der Waals surface area contributed by atoms with Gasteiger partial charge in [-0.15, -0.1) is 11.3 Å². The van der Waals surface area contributed by atoms with E-state index in [1.165, 1.54) is 0 Å². The summed E-state index contributed by atoms with van der Waals surface area (Å²) in [5, 5.41) is 3.03. The van der Waals surface area contributed by atoms with Crippen molar-refractivity contribution < 1.29 is 9.18 Å². The van der Waals surface area contributed by atoms with Gasteiger partial charge in [-0.25, -0.2) is 19.3 Å². The number of carbonyl (C=O) groups excluding carboxylic acids is 1. The minimum Gasteiger partial charge on any atom is -0.340 e. The first-order valence-corrected chi connectivity index (χ1v) is 8.40. The number of likely N-dealkylation sites (tertiary alicyclic amines) is 1. The van der Waals surface area contributed by atoms with Gasteiger partial charge in [-0.1, -0.05) is 0 Å². The third-order valence-corrected chi connectivity index (χ3v) is 5.26. The number of amides is 1. The summed E-state index contributed by atoms with van der Waals surface area (Å²) in [5.74, 6) is 0.466. The summed E-state index contributed by atoms with van der Waals surface area (Å²) >= 11 is 1.60. The van der Waals surface area contributed by atoms with Gasteiger partial charge < -0.3 is 9.80 Å². The Hall–Kier alpha value is -2.09. The Balaban J connectivity index is 1.43. The lowest BCUT2D eigenvalue weighted by molar-refractivity contribution is -0.131. The second-order valence-corrected chi connectivity index (χ2v) is 7.11. The zero-order valence-corrected chi connectivity index (χ0v) is 13.5. The average molecular weight is 333 g/mol. The molecule has 0 saturated carbocycles. The van der Waals surface area contributed by atoms with Crippen molar-refractivity contribution in [3.63, 3.8) is 0 Å². The number of carbonyl (C=O) groups is 1. The molecule has 2 aromatic heterocycles. The summed E-state index contributed by atoms with van der Waals surface area (Å²) in [6.07, 6.45) is 2.32. The average Bonchev–Trinajstić information content (AvgIpc) is 3.19. The van der Waals surface area contributed by atoms with E-state index in [4.69, 9.17) is 0 Å². The minimum atomic E-state index is -0.450. The summed E-state index contributed by atoms with van der Waals surface area (Å²) in [6.45, 7) is 4.62. The third-order valence-electron chi connectivity index (χ3n) is 4.43. The molecular formula is C15H16FN5OS. The summed E-state index contributed by atoms with van der Waals surface area (Å²) in [5.41, 5.74) is 0.958. The van der Waals surface area contributed by atoms with Gasteiger partial charge in [0, 0.05) is 30.9 Å². The fourth-order valence-corrected chi connectivity index (χ4v) is 4.00. The molecule has 23 heavy (non-hydrogen) atoms. The molecule has 4 rings (SSSR count). The lowest BCUT2D eigenvalue weighted by Gasteiger charge is -2.21. The summed E-state index contributed by atoms with van der Waals surface area (Å²) in [7, 11) is 0. The number of aryl methyl sites for hydroxylation is 1. The largest absolute Gasteiger partial charge is 0.340 e. The quantitative estimate of drug-likeness (QED) is 0.851. The Labute approximate surface area is 137 Å². The highest BCUT2D eigenvalue weighted by Gasteiger charge is 2.46. The molecule has 2 fully saturated rings. The summed E-state index contributed by atoms with van der Waals surface area (Å²) in [4.78, 5) is 28.9. The van der Waals surface area contributed by atoms with Crippen molar-refractivity contribution in [1.82, 2.24) is 19.9 Å². The van der Waals surface area contributed by atoms with Crippen LogP contribution in [0.1, 0.15) is 10.7 Å². The molecule has 6 nitrogen and oxygen atoms in total. The molecule has 8 heteroatoms. The van der Waals surface area contributed by atoms with Gasteiger partial charge in [0.1, 0.15) is 0 Å². The molecule has 1 amide bonds. The Kier molecular flexibility index (Phi) is 3.48. The molecule has 4 heterocycles. The van der Waals surface area contributed by atoms with Crippen molar-refractivity contribution in [3.8, 4) is 0 Å². The maximum absolute atomic E-state index is 12.9. The van der Waals surface area contributed by atoms with E-state index >= 15 is 0 Å². The molecule has 2 aliphatic rings. The standard InChI is InChI=1S/C15H16FN5OS/c1-9-19-12(8-23-9)6-20-4-10-5-21(7-13(10)14(20)22)15-17-2-11(16)3-18-15/h2-3,8,10,13H,4-7H2,1H3/t10-,13+/m1/s1. The van der Waals surface area contributed by atoms with Crippen molar-refractivity contribution in [2.75, 3.05) is 24.5 Å². The maximum atomic E-state index is 12.9. The van der Waals surface area contributed by atoms with E-state index in [0.29, 0.717) is 19.0 Å². The topological polar surface area (TPSA) is 62.2 Å². The Bertz CT molecular complexity index is 734. The van der Waals surface area contributed by atoms with E-state index in [2.05, 4.69) is 15.0 Å². The van der Waals surface area contributed by atoms with Gasteiger partial charge in [0.25, 0.3) is 0 Å². The van der Waals surface area contributed by atoms with E-state index in [1.807, 2.05) is 22.1 Å². The molecule has 0 radical (unpaired) electrons. The van der Waals surface area contributed by atoms with Crippen LogP contribution in [0.3, 0.4) is 0 Å². The van der Waals surface area contributed by atoms with Crippen LogP contribution in [0.2, 0.25) is 0 Å². The van der Waals surface area contributed by atoms with E-state index < -0.39 is 5.82 Å². The van der Waals surface area contributed by atoms with Gasteiger partial charge in [-0.3, -0.25) is 4.79 Å². The smallest absolute Gasteiger partial charge is 0.228 e. The second kappa shape index (κ2) is 5.52. The molecule has 2 atom stereocenters. The van der Waals surface area contributed by atoms with Crippen LogP contribution in [0.25, 0.3) is 0 Å². The van der Waals surface area contributed by atoms with Crippen molar-refractivity contribution in [2.24, 2.45) is 11.8 Å². The van der Waals surface area contributed by atoms with Crippen LogP contribution in [-0.2, 0) is 11.3 Å². The molecule has 2 aromatic rings. The molecular weight excluding hydrogens is 317 g/mol. The predicted octanol–water partition coefficient (Wildman–Crippen LogP) is 1.48. The molecule has 120 valence electrons. The number of aromatic nitrogens is 3. The SMILES string of the molecule is Cc1nc(CN2C[C@@H]3CN(c4ncc(F)cn4)C[C@@H]3C2=O)cs1. The van der Waals surface area contributed by atoms with Crippen molar-refractivity contribution in [2.45, 2.75) is 13.5 Å². The summed E-state index contributed by atoms with van der Waals surface area (Å²) < 4.78 is 12.9. The fourth-order valence-electron chi connectivity index (χ4n) is 3.39. The van der Waals surface area contributed by atoms with Crippen LogP contribution in [-0.4, -0.2) is 45.4 Å². The number of fused-ring (bicyclic) bond motifs is 1. The van der Waals surface area contributed by atoms with Crippen molar-refractivity contribution in [1.29, 1.82) is 0 Å². The molecule has 2 aliphatic heterocycles. The van der Waals surface area contributed by atoms with Crippen LogP contribution in [0, 0.1) is 24.6 Å². The van der Waals surface area contributed by atoms with Crippen LogP contribution in [0.15, 0.2) is 17.8 Å². The number of anilines is 1. The van der Waals surface area contributed by atoms with Crippen LogP contribution < -0.4 is 4.90 Å². The number of nitrogens with zero attached hydrogens (tertiary/aromatic N) is 5. The number of halogens is 1. The summed E-state index contributed by atoms with van der Waals surface area (Å²) in [6, 6.07) is 0. The first-order valence-electron chi connectivity index (χ1n) is 7.52. The van der Waals surface area contributed by atoms with Gasteiger partial charge in [0.15, 0.2) is 5.82 Å². The molecule has 0 bridgehead atoms. The predicted molar refractivity (Wildman–Crippen MR) is 83.5 cm³/mol. The van der Waals surface area contributed by atoms with E-state index in [0.717, 1.165) is 36.2 Å². The first kappa shape index (κ1) is 14.5. The second-order valence-electron chi connectivity index (χ2n) is 6.05. The van der Waals surface area contributed by atoms with Gasteiger partial charge in [-0.05, 0) is 6.92 Å². The molecule has 2 saturated heterocycles. The normalized spacial score (nSPS) is 23.7. The van der Waals surface area contributed by atoms with Crippen LogP contribution in [0.4, 0.5) is 10.3 Å². The fraction of sp³-hybridized carbons (Fsp3) is 0.467. The number of hydrogen-bond acceptors (Lipinski definition) is 6. The molecule has 0 aliphatic carbocycles. The molecule has 0 unspecified atom stereocenters. The lowest BCUT2D eigenvalue weighted by atomic mass is 10.0. The zero-order chi connectivity index (χ0) is 16.0. The van der Waals surface area contributed by atoms with Gasteiger partial charge in [0.2, 0.25) is 11.9 Å². The van der Waals surface area contributed by atoms with E-state index in [-0.39, 0.29) is 17.7 Å². The van der Waals surface area contributed by atoms with E-state index in [1.54, 1.807) is 11.3 Å². The number of thiazole rings is 1. The highest BCUT2D eigenvalue weighted by atomic mass is 32.1. The van der Waals surface area contributed by atoms with Crippen LogP contribution >= 0.6 is 11.3 Å². The number of hydrogen-bond donors (Lipinski definition) is 0. The first-order chi connectivity index (χ1) is 11.1. The monoisotopic (exact) mass is 333 g/mol. The van der Waals surface area contributed by atoms with Crippen molar-refractivity contribution >= 4 is 23.2 Å². The molecule has 0 aromatic carbocycles. The minimum absolute atomic E-state index is 0.0246. The molecule has 0 spiro atoms. The lowest BCUT2D eigenvalue weighted by Crippen LogP contribution is -2.33. The highest BCUT2D eigenvalue weighted by Crippen LogP contribution is 2.34. The number of rotatable bonds is 3. The van der Waals surface area contributed by atoms with Gasteiger partial charge >= 0.3 is 0 Å². The third kappa shape index (κ3) is 2.67. The molecule has 0 N–H and O–H groups in total. The van der Waals surface area contributed by atoms with Gasteiger partial charge in [-0.2, -0.15) is 0 Å². The van der Waals surface area contributed by atoms with Gasteiger partial charge in [0.05, 0.1) is 35.6 Å².